The molecule has 128 valence electrons. The number of esters is 1. The molecule has 2 aromatic rings. The molecule has 0 N–H and O–H groups in total. The van der Waals surface area contributed by atoms with Crippen molar-refractivity contribution in [2.75, 3.05) is 6.61 Å². The molecule has 3 rings (SSSR count). The van der Waals surface area contributed by atoms with E-state index in [0.717, 1.165) is 24.2 Å². The highest BCUT2D eigenvalue weighted by atomic mass is 16.5. The fraction of sp³-hybridized carbons (Fsp3) is 0.500. The molecule has 0 saturated carbocycles. The second-order valence-electron chi connectivity index (χ2n) is 6.32. The Bertz CT molecular complexity index is 735. The van der Waals surface area contributed by atoms with Crippen LogP contribution in [0, 0.1) is 0 Å². The molecule has 0 fully saturated rings. The maximum absolute atomic E-state index is 12.5. The number of aromatic nitrogens is 3. The van der Waals surface area contributed by atoms with Gasteiger partial charge in [-0.25, -0.2) is 9.48 Å². The van der Waals surface area contributed by atoms with Crippen molar-refractivity contribution in [3.8, 4) is 17.1 Å². The summed E-state index contributed by atoms with van der Waals surface area (Å²) in [6.07, 6.45) is 2.67. The van der Waals surface area contributed by atoms with E-state index in [1.165, 1.54) is 0 Å². The van der Waals surface area contributed by atoms with Gasteiger partial charge < -0.3 is 9.47 Å². The zero-order valence-corrected chi connectivity index (χ0v) is 14.6. The van der Waals surface area contributed by atoms with E-state index >= 15 is 0 Å². The number of carbonyl (C=O) groups is 1. The van der Waals surface area contributed by atoms with Crippen LogP contribution >= 0.6 is 0 Å². The average Bonchev–Trinajstić information content (AvgIpc) is 2.93. The van der Waals surface area contributed by atoms with Gasteiger partial charge in [-0.1, -0.05) is 13.8 Å². The summed E-state index contributed by atoms with van der Waals surface area (Å²) in [5.74, 6) is 0.439. The predicted octanol–water partition coefficient (Wildman–Crippen LogP) is 3.42. The fourth-order valence-corrected chi connectivity index (χ4v) is 2.75. The van der Waals surface area contributed by atoms with E-state index in [1.54, 1.807) is 17.8 Å². The predicted molar refractivity (Wildman–Crippen MR) is 90.2 cm³/mol. The molecule has 0 bridgehead atoms. The van der Waals surface area contributed by atoms with Crippen LogP contribution in [0.25, 0.3) is 11.3 Å². The van der Waals surface area contributed by atoms with Crippen LogP contribution in [-0.4, -0.2) is 33.4 Å². The number of pyridine rings is 1. The maximum Gasteiger partial charge on any atom is 0.345 e. The summed E-state index contributed by atoms with van der Waals surface area (Å²) in [4.78, 5) is 17.0. The van der Waals surface area contributed by atoms with Gasteiger partial charge in [-0.15, -0.1) is 0 Å². The lowest BCUT2D eigenvalue weighted by molar-refractivity contribution is 0.0515. The van der Waals surface area contributed by atoms with Gasteiger partial charge in [-0.3, -0.25) is 4.98 Å². The van der Waals surface area contributed by atoms with Gasteiger partial charge in [-0.2, -0.15) is 5.10 Å². The Morgan fingerprint density at radius 1 is 1.46 bits per heavy atom. The molecule has 6 nitrogen and oxygen atoms in total. The highest BCUT2D eigenvalue weighted by Crippen LogP contribution is 2.34. The Morgan fingerprint density at radius 3 is 2.88 bits per heavy atom. The topological polar surface area (TPSA) is 66.2 Å². The Kier molecular flexibility index (Phi) is 4.55. The highest BCUT2D eigenvalue weighted by molar-refractivity contribution is 5.98. The Balaban J connectivity index is 2.08. The van der Waals surface area contributed by atoms with Crippen LogP contribution in [0.15, 0.2) is 18.3 Å². The molecule has 0 aliphatic carbocycles. The summed E-state index contributed by atoms with van der Waals surface area (Å²) in [5.41, 5.74) is 2.76. The van der Waals surface area contributed by atoms with Crippen LogP contribution in [0.1, 0.15) is 56.1 Å². The van der Waals surface area contributed by atoms with Gasteiger partial charge in [-0.05, 0) is 31.9 Å². The first-order valence-corrected chi connectivity index (χ1v) is 8.42. The summed E-state index contributed by atoms with van der Waals surface area (Å²) in [6, 6.07) is 3.92. The van der Waals surface area contributed by atoms with Crippen molar-refractivity contribution in [3.05, 3.63) is 29.6 Å². The molecule has 0 spiro atoms. The van der Waals surface area contributed by atoms with Crippen molar-refractivity contribution in [1.29, 1.82) is 0 Å². The second-order valence-corrected chi connectivity index (χ2v) is 6.32. The third-order valence-corrected chi connectivity index (χ3v) is 4.10. The van der Waals surface area contributed by atoms with Crippen molar-refractivity contribution in [3.63, 3.8) is 0 Å². The summed E-state index contributed by atoms with van der Waals surface area (Å²) in [7, 11) is 0. The van der Waals surface area contributed by atoms with Gasteiger partial charge in [0.15, 0.2) is 0 Å². The zero-order chi connectivity index (χ0) is 17.3. The SMILES string of the molecule is CCOC(=O)c1c(-c2ccc(C(C)C)nc2)nn2c1O[C@H](C)CC2. The molecular weight excluding hydrogens is 306 g/mol. The zero-order valence-electron chi connectivity index (χ0n) is 14.6. The lowest BCUT2D eigenvalue weighted by atomic mass is 10.1. The van der Waals surface area contributed by atoms with E-state index in [-0.39, 0.29) is 6.10 Å². The van der Waals surface area contributed by atoms with Gasteiger partial charge in [0.05, 0.1) is 12.7 Å². The number of hydrogen-bond donors (Lipinski definition) is 0. The molecule has 3 heterocycles. The molecule has 0 amide bonds. The first kappa shape index (κ1) is 16.5. The number of nitrogens with zero attached hydrogens (tertiary/aromatic N) is 3. The Hall–Kier alpha value is -2.37. The van der Waals surface area contributed by atoms with Crippen LogP contribution in [0.5, 0.6) is 5.88 Å². The molecule has 2 aromatic heterocycles. The molecule has 1 aliphatic heterocycles. The van der Waals surface area contributed by atoms with E-state index in [2.05, 4.69) is 23.9 Å². The normalized spacial score (nSPS) is 16.6. The smallest absolute Gasteiger partial charge is 0.345 e. The van der Waals surface area contributed by atoms with E-state index in [9.17, 15) is 4.79 Å². The average molecular weight is 329 g/mol. The van der Waals surface area contributed by atoms with Crippen molar-refractivity contribution in [1.82, 2.24) is 14.8 Å². The number of hydrogen-bond acceptors (Lipinski definition) is 5. The summed E-state index contributed by atoms with van der Waals surface area (Å²) in [5, 5.41) is 4.58. The van der Waals surface area contributed by atoms with Gasteiger partial charge in [0.1, 0.15) is 11.3 Å². The molecule has 0 saturated heterocycles. The van der Waals surface area contributed by atoms with Crippen molar-refractivity contribution < 1.29 is 14.3 Å². The largest absolute Gasteiger partial charge is 0.474 e. The minimum Gasteiger partial charge on any atom is -0.474 e. The van der Waals surface area contributed by atoms with Gasteiger partial charge >= 0.3 is 5.97 Å². The third kappa shape index (κ3) is 3.00. The monoisotopic (exact) mass is 329 g/mol. The standard InChI is InChI=1S/C18H23N3O3/c1-5-23-18(22)15-16(13-6-7-14(11(2)3)19-10-13)20-21-9-8-12(4)24-17(15)21/h6-7,10-12H,5,8-9H2,1-4H3/t12-/m1/s1. The molecule has 1 aliphatic rings. The van der Waals surface area contributed by atoms with Gasteiger partial charge in [0, 0.05) is 30.4 Å². The Labute approximate surface area is 141 Å². The number of aryl methyl sites for hydroxylation is 1. The molecule has 1 atom stereocenters. The highest BCUT2D eigenvalue weighted by Gasteiger charge is 2.31. The first-order chi connectivity index (χ1) is 11.5. The van der Waals surface area contributed by atoms with Crippen molar-refractivity contribution in [2.45, 2.75) is 52.7 Å². The van der Waals surface area contributed by atoms with Gasteiger partial charge in [0.2, 0.25) is 5.88 Å². The number of fused-ring (bicyclic) bond motifs is 1. The van der Waals surface area contributed by atoms with Crippen LogP contribution in [-0.2, 0) is 11.3 Å². The van der Waals surface area contributed by atoms with Gasteiger partial charge in [0.25, 0.3) is 0 Å². The van der Waals surface area contributed by atoms with E-state index in [4.69, 9.17) is 9.47 Å². The van der Waals surface area contributed by atoms with E-state index in [0.29, 0.717) is 29.7 Å². The molecule has 0 aromatic carbocycles. The number of carbonyl (C=O) groups excluding carboxylic acids is 1. The number of rotatable bonds is 4. The van der Waals surface area contributed by atoms with Crippen LogP contribution in [0.3, 0.4) is 0 Å². The second kappa shape index (κ2) is 6.63. The molecule has 0 unspecified atom stereocenters. The Morgan fingerprint density at radius 2 is 2.25 bits per heavy atom. The minimum absolute atomic E-state index is 0.0525. The van der Waals surface area contributed by atoms with E-state index in [1.807, 2.05) is 19.1 Å². The molecule has 6 heteroatoms. The lowest BCUT2D eigenvalue weighted by Crippen LogP contribution is -2.24. The number of ether oxygens (including phenoxy) is 2. The quantitative estimate of drug-likeness (QED) is 0.804. The van der Waals surface area contributed by atoms with Crippen LogP contribution in [0.2, 0.25) is 0 Å². The van der Waals surface area contributed by atoms with Crippen LogP contribution < -0.4 is 4.74 Å². The lowest BCUT2D eigenvalue weighted by Gasteiger charge is -2.21. The molecule has 0 radical (unpaired) electrons. The first-order valence-electron chi connectivity index (χ1n) is 8.42. The van der Waals surface area contributed by atoms with Crippen LogP contribution in [0.4, 0.5) is 0 Å². The van der Waals surface area contributed by atoms with Crippen molar-refractivity contribution >= 4 is 5.97 Å². The summed E-state index contributed by atoms with van der Waals surface area (Å²) < 4.78 is 12.8. The summed E-state index contributed by atoms with van der Waals surface area (Å²) in [6.45, 7) is 9.00. The van der Waals surface area contributed by atoms with Crippen molar-refractivity contribution in [2.24, 2.45) is 0 Å². The molecular formula is C18H23N3O3. The summed E-state index contributed by atoms with van der Waals surface area (Å²) >= 11 is 0. The van der Waals surface area contributed by atoms with E-state index < -0.39 is 5.97 Å². The third-order valence-electron chi connectivity index (χ3n) is 4.10. The fourth-order valence-electron chi connectivity index (χ4n) is 2.75. The maximum atomic E-state index is 12.5. The minimum atomic E-state index is -0.407. The molecule has 24 heavy (non-hydrogen) atoms.